The number of aromatic nitrogens is 2. The summed E-state index contributed by atoms with van der Waals surface area (Å²) < 4.78 is 5.92. The monoisotopic (exact) mass is 407 g/mol. The van der Waals surface area contributed by atoms with E-state index in [9.17, 15) is 9.59 Å². The highest BCUT2D eigenvalue weighted by molar-refractivity contribution is 5.79. The molecule has 1 N–H and O–H groups in total. The Morgan fingerprint density at radius 3 is 2.57 bits per heavy atom. The fraction of sp³-hybridized carbons (Fsp3) is 0.375. The molecule has 0 unspecified atom stereocenters. The van der Waals surface area contributed by atoms with Crippen LogP contribution >= 0.6 is 0 Å². The molecule has 0 saturated heterocycles. The number of hydrogen-bond donors (Lipinski definition) is 1. The number of carbonyl (C=O) groups excluding carboxylic acids is 1. The molecule has 2 aromatic carbocycles. The summed E-state index contributed by atoms with van der Waals surface area (Å²) in [7, 11) is 0. The minimum Gasteiger partial charge on any atom is -0.483 e. The van der Waals surface area contributed by atoms with Gasteiger partial charge in [-0.1, -0.05) is 38.1 Å². The lowest BCUT2D eigenvalue weighted by molar-refractivity contribution is -0.135. The van der Waals surface area contributed by atoms with Crippen LogP contribution in [0.3, 0.4) is 0 Å². The molecule has 6 heteroatoms. The van der Waals surface area contributed by atoms with Gasteiger partial charge < -0.3 is 14.6 Å². The van der Waals surface area contributed by atoms with Crippen molar-refractivity contribution in [2.45, 2.75) is 53.1 Å². The van der Waals surface area contributed by atoms with Crippen LogP contribution in [0.15, 0.2) is 47.3 Å². The zero-order valence-corrected chi connectivity index (χ0v) is 18.2. The standard InChI is InChI=1S/C24H29N3O3/c1-15(2)18-11-10-17(5)12-21(18)30-14-23(28)27(16(3)4)13-22-25-20-9-7-6-8-19(20)24(29)26-22/h6-12,15-16H,13-14H2,1-5H3,(H,25,26,29). The summed E-state index contributed by atoms with van der Waals surface area (Å²) in [5, 5.41) is 0.535. The Hall–Kier alpha value is -3.15. The number of rotatable bonds is 7. The molecule has 0 aliphatic carbocycles. The minimum absolute atomic E-state index is 0.0695. The molecule has 30 heavy (non-hydrogen) atoms. The fourth-order valence-corrected chi connectivity index (χ4v) is 3.40. The number of aryl methyl sites for hydroxylation is 1. The van der Waals surface area contributed by atoms with Crippen LogP contribution < -0.4 is 10.3 Å². The molecule has 0 spiro atoms. The Morgan fingerprint density at radius 2 is 1.87 bits per heavy atom. The van der Waals surface area contributed by atoms with Crippen molar-refractivity contribution in [3.05, 3.63) is 69.8 Å². The van der Waals surface area contributed by atoms with Crippen LogP contribution in [0.1, 0.15) is 50.6 Å². The molecular formula is C24H29N3O3. The fourth-order valence-electron chi connectivity index (χ4n) is 3.40. The quantitative estimate of drug-likeness (QED) is 0.638. The van der Waals surface area contributed by atoms with Gasteiger partial charge in [0.2, 0.25) is 0 Å². The lowest BCUT2D eigenvalue weighted by Crippen LogP contribution is -2.40. The average Bonchev–Trinajstić information content (AvgIpc) is 2.70. The number of nitrogens with zero attached hydrogens (tertiary/aromatic N) is 2. The van der Waals surface area contributed by atoms with Crippen molar-refractivity contribution in [3.63, 3.8) is 0 Å². The molecule has 0 aliphatic rings. The molecule has 0 atom stereocenters. The molecule has 3 aromatic rings. The van der Waals surface area contributed by atoms with Crippen molar-refractivity contribution >= 4 is 16.8 Å². The van der Waals surface area contributed by atoms with Crippen molar-refractivity contribution < 1.29 is 9.53 Å². The minimum atomic E-state index is -0.204. The molecule has 1 aromatic heterocycles. The first-order valence-corrected chi connectivity index (χ1v) is 10.3. The average molecular weight is 408 g/mol. The SMILES string of the molecule is Cc1ccc(C(C)C)c(OCC(=O)N(Cc2nc3ccccc3c(=O)[nH]2)C(C)C)c1. The van der Waals surface area contributed by atoms with E-state index in [1.54, 1.807) is 23.1 Å². The van der Waals surface area contributed by atoms with Gasteiger partial charge in [-0.25, -0.2) is 4.98 Å². The Morgan fingerprint density at radius 1 is 1.13 bits per heavy atom. The van der Waals surface area contributed by atoms with Crippen molar-refractivity contribution in [3.8, 4) is 5.75 Å². The van der Waals surface area contributed by atoms with Gasteiger partial charge in [0.15, 0.2) is 6.61 Å². The summed E-state index contributed by atoms with van der Waals surface area (Å²) in [6.45, 7) is 10.2. The number of fused-ring (bicyclic) bond motifs is 1. The largest absolute Gasteiger partial charge is 0.483 e. The second-order valence-electron chi connectivity index (χ2n) is 8.13. The van der Waals surface area contributed by atoms with Crippen molar-refractivity contribution in [2.24, 2.45) is 0 Å². The number of para-hydroxylation sites is 1. The van der Waals surface area contributed by atoms with Gasteiger partial charge in [-0.3, -0.25) is 9.59 Å². The van der Waals surface area contributed by atoms with Crippen molar-refractivity contribution in [1.82, 2.24) is 14.9 Å². The molecule has 0 saturated carbocycles. The highest BCUT2D eigenvalue weighted by Crippen LogP contribution is 2.27. The first-order chi connectivity index (χ1) is 14.3. The van der Waals surface area contributed by atoms with Crippen LogP contribution in [-0.2, 0) is 11.3 Å². The molecule has 0 aliphatic heterocycles. The Labute approximate surface area is 176 Å². The van der Waals surface area contributed by atoms with Gasteiger partial charge in [0.25, 0.3) is 11.5 Å². The van der Waals surface area contributed by atoms with E-state index in [1.807, 2.05) is 45.0 Å². The zero-order chi connectivity index (χ0) is 21.8. The summed E-state index contributed by atoms with van der Waals surface area (Å²) >= 11 is 0. The van der Waals surface area contributed by atoms with E-state index in [1.165, 1.54) is 0 Å². The first kappa shape index (κ1) is 21.6. The lowest BCUT2D eigenvalue weighted by Gasteiger charge is -2.26. The third-order valence-corrected chi connectivity index (χ3v) is 5.07. The topological polar surface area (TPSA) is 75.3 Å². The van der Waals surface area contributed by atoms with Crippen LogP contribution in [0, 0.1) is 6.92 Å². The van der Waals surface area contributed by atoms with Gasteiger partial charge in [0.1, 0.15) is 11.6 Å². The highest BCUT2D eigenvalue weighted by atomic mass is 16.5. The van der Waals surface area contributed by atoms with E-state index >= 15 is 0 Å². The van der Waals surface area contributed by atoms with E-state index in [2.05, 4.69) is 23.8 Å². The summed E-state index contributed by atoms with van der Waals surface area (Å²) in [5.41, 5.74) is 2.57. The van der Waals surface area contributed by atoms with Crippen molar-refractivity contribution in [2.75, 3.05) is 6.61 Å². The summed E-state index contributed by atoms with van der Waals surface area (Å²) in [6, 6.07) is 13.2. The van der Waals surface area contributed by atoms with E-state index in [-0.39, 0.29) is 30.7 Å². The number of carbonyl (C=O) groups is 1. The highest BCUT2D eigenvalue weighted by Gasteiger charge is 2.20. The van der Waals surface area contributed by atoms with E-state index < -0.39 is 0 Å². The van der Waals surface area contributed by atoms with Gasteiger partial charge in [-0.05, 0) is 56.0 Å². The maximum absolute atomic E-state index is 13.0. The summed E-state index contributed by atoms with van der Waals surface area (Å²) in [5.74, 6) is 1.33. The molecule has 1 heterocycles. The Bertz CT molecular complexity index is 1100. The molecule has 0 radical (unpaired) electrons. The lowest BCUT2D eigenvalue weighted by atomic mass is 10.0. The number of ether oxygens (including phenoxy) is 1. The molecule has 158 valence electrons. The number of benzene rings is 2. The van der Waals surface area contributed by atoms with Crippen LogP contribution in [0.5, 0.6) is 5.75 Å². The zero-order valence-electron chi connectivity index (χ0n) is 18.2. The molecule has 3 rings (SSSR count). The Kier molecular flexibility index (Phi) is 6.55. The predicted octanol–water partition coefficient (Wildman–Crippen LogP) is 4.17. The van der Waals surface area contributed by atoms with Gasteiger partial charge >= 0.3 is 0 Å². The number of aromatic amines is 1. The molecule has 1 amide bonds. The third kappa shape index (κ3) is 4.87. The van der Waals surface area contributed by atoms with E-state index in [0.717, 1.165) is 16.9 Å². The Balaban J connectivity index is 1.78. The van der Waals surface area contributed by atoms with Gasteiger partial charge in [0, 0.05) is 6.04 Å². The van der Waals surface area contributed by atoms with E-state index in [0.29, 0.717) is 22.6 Å². The number of hydrogen-bond acceptors (Lipinski definition) is 4. The first-order valence-electron chi connectivity index (χ1n) is 10.3. The van der Waals surface area contributed by atoms with E-state index in [4.69, 9.17) is 4.74 Å². The second-order valence-corrected chi connectivity index (χ2v) is 8.13. The van der Waals surface area contributed by atoms with Crippen molar-refractivity contribution in [1.29, 1.82) is 0 Å². The normalized spacial score (nSPS) is 11.3. The van der Waals surface area contributed by atoms with Crippen LogP contribution in [0.2, 0.25) is 0 Å². The number of H-pyrrole nitrogens is 1. The molecule has 6 nitrogen and oxygen atoms in total. The molecule has 0 fully saturated rings. The smallest absolute Gasteiger partial charge is 0.261 e. The molecule has 0 bridgehead atoms. The molecular weight excluding hydrogens is 378 g/mol. The van der Waals surface area contributed by atoms with Gasteiger partial charge in [-0.15, -0.1) is 0 Å². The summed E-state index contributed by atoms with van der Waals surface area (Å²) in [4.78, 5) is 34.3. The van der Waals surface area contributed by atoms with Crippen LogP contribution in [0.25, 0.3) is 10.9 Å². The summed E-state index contributed by atoms with van der Waals surface area (Å²) in [6.07, 6.45) is 0. The third-order valence-electron chi connectivity index (χ3n) is 5.07. The van der Waals surface area contributed by atoms with Crippen LogP contribution in [0.4, 0.5) is 0 Å². The van der Waals surface area contributed by atoms with Gasteiger partial charge in [-0.2, -0.15) is 0 Å². The predicted molar refractivity (Wildman–Crippen MR) is 119 cm³/mol. The maximum atomic E-state index is 13.0. The maximum Gasteiger partial charge on any atom is 0.261 e. The number of amides is 1. The number of nitrogens with one attached hydrogen (secondary N) is 1. The van der Waals surface area contributed by atoms with Crippen LogP contribution in [-0.4, -0.2) is 33.4 Å². The second kappa shape index (κ2) is 9.11. The van der Waals surface area contributed by atoms with Gasteiger partial charge in [0.05, 0.1) is 17.4 Å².